The minimum atomic E-state index is -0.153. The zero-order valence-electron chi connectivity index (χ0n) is 14.7. The molecule has 2 N–H and O–H groups in total. The number of amides is 1. The quantitative estimate of drug-likeness (QED) is 0.350. The molecule has 0 fully saturated rings. The summed E-state index contributed by atoms with van der Waals surface area (Å²) in [6.07, 6.45) is 19.3. The Kier molecular flexibility index (Phi) is 15.5. The van der Waals surface area contributed by atoms with Crippen LogP contribution < -0.4 is 5.73 Å². The van der Waals surface area contributed by atoms with E-state index >= 15 is 0 Å². The van der Waals surface area contributed by atoms with E-state index in [1.54, 1.807) is 0 Å². The van der Waals surface area contributed by atoms with Gasteiger partial charge in [0.1, 0.15) is 0 Å². The molecule has 0 aromatic heterocycles. The van der Waals surface area contributed by atoms with Crippen LogP contribution in [0.5, 0.6) is 0 Å². The van der Waals surface area contributed by atoms with Crippen molar-refractivity contribution in [1.29, 1.82) is 0 Å². The summed E-state index contributed by atoms with van der Waals surface area (Å²) >= 11 is 0. The van der Waals surface area contributed by atoms with Crippen LogP contribution in [0.2, 0.25) is 0 Å². The van der Waals surface area contributed by atoms with E-state index in [0.29, 0.717) is 6.42 Å². The first kappa shape index (κ1) is 20.5. The molecule has 2 heteroatoms. The van der Waals surface area contributed by atoms with Gasteiger partial charge in [-0.2, -0.15) is 0 Å². The molecule has 0 heterocycles. The number of carbonyl (C=O) groups is 1. The Morgan fingerprint density at radius 1 is 0.714 bits per heavy atom. The Hall–Kier alpha value is -0.530. The molecule has 0 spiro atoms. The van der Waals surface area contributed by atoms with Crippen LogP contribution >= 0.6 is 0 Å². The summed E-state index contributed by atoms with van der Waals surface area (Å²) in [5.41, 5.74) is 5.13. The summed E-state index contributed by atoms with van der Waals surface area (Å²) in [6.45, 7) is 4.61. The van der Waals surface area contributed by atoms with E-state index in [-0.39, 0.29) is 5.91 Å². The van der Waals surface area contributed by atoms with Crippen molar-refractivity contribution in [2.75, 3.05) is 0 Å². The first-order valence-electron chi connectivity index (χ1n) is 9.49. The Balaban J connectivity index is 3.30. The van der Waals surface area contributed by atoms with Gasteiger partial charge in [0, 0.05) is 6.42 Å². The molecule has 0 aliphatic rings. The van der Waals surface area contributed by atoms with E-state index < -0.39 is 0 Å². The number of unbranched alkanes of at least 4 members (excludes halogenated alkanes) is 8. The maximum absolute atomic E-state index is 10.6. The predicted octanol–water partition coefficient (Wildman–Crippen LogP) is 5.98. The largest absolute Gasteiger partial charge is 0.370 e. The third kappa shape index (κ3) is 15.7. The van der Waals surface area contributed by atoms with Crippen LogP contribution in [0.3, 0.4) is 0 Å². The van der Waals surface area contributed by atoms with Crippen molar-refractivity contribution in [1.82, 2.24) is 0 Å². The van der Waals surface area contributed by atoms with Crippen molar-refractivity contribution in [2.24, 2.45) is 11.7 Å². The van der Waals surface area contributed by atoms with Crippen molar-refractivity contribution in [2.45, 2.75) is 110 Å². The van der Waals surface area contributed by atoms with Gasteiger partial charge in [-0.05, 0) is 12.3 Å². The van der Waals surface area contributed by atoms with E-state index in [1.807, 2.05) is 0 Å². The minimum Gasteiger partial charge on any atom is -0.370 e. The molecule has 21 heavy (non-hydrogen) atoms. The lowest BCUT2D eigenvalue weighted by Crippen LogP contribution is -2.09. The van der Waals surface area contributed by atoms with Gasteiger partial charge in [0.2, 0.25) is 5.91 Å². The molecule has 0 aliphatic heterocycles. The van der Waals surface area contributed by atoms with Gasteiger partial charge in [0.05, 0.1) is 0 Å². The molecular weight excluding hydrogens is 258 g/mol. The second-order valence-corrected chi connectivity index (χ2v) is 6.63. The molecule has 0 radical (unpaired) electrons. The number of nitrogens with two attached hydrogens (primary N) is 1. The predicted molar refractivity (Wildman–Crippen MR) is 93.3 cm³/mol. The van der Waals surface area contributed by atoms with Crippen LogP contribution in [-0.2, 0) is 4.79 Å². The highest BCUT2D eigenvalue weighted by molar-refractivity contribution is 5.73. The average Bonchev–Trinajstić information content (AvgIpc) is 2.46. The number of carbonyl (C=O) groups excluding carboxylic acids is 1. The third-order valence-electron chi connectivity index (χ3n) is 4.45. The fourth-order valence-electron chi connectivity index (χ4n) is 3.13. The van der Waals surface area contributed by atoms with Crippen molar-refractivity contribution < 1.29 is 4.79 Å². The number of hydrogen-bond acceptors (Lipinski definition) is 1. The molecule has 0 rings (SSSR count). The maximum atomic E-state index is 10.6. The first-order valence-corrected chi connectivity index (χ1v) is 9.49. The molecule has 0 aromatic carbocycles. The molecule has 0 saturated carbocycles. The average molecular weight is 298 g/mol. The number of rotatable bonds is 16. The number of hydrogen-bond donors (Lipinski definition) is 1. The van der Waals surface area contributed by atoms with Gasteiger partial charge in [-0.25, -0.2) is 0 Å². The van der Waals surface area contributed by atoms with Crippen molar-refractivity contribution >= 4 is 5.91 Å². The van der Waals surface area contributed by atoms with Gasteiger partial charge in [0.15, 0.2) is 0 Å². The standard InChI is InChI=1S/C19H39NO/c1-3-5-15-18(14-4-2)16-12-10-8-6-7-9-11-13-17-19(20)21/h18H,3-17H2,1-2H3,(H2,20,21). The van der Waals surface area contributed by atoms with E-state index in [4.69, 9.17) is 5.73 Å². The van der Waals surface area contributed by atoms with Gasteiger partial charge < -0.3 is 5.73 Å². The van der Waals surface area contributed by atoms with Crippen LogP contribution in [-0.4, -0.2) is 5.91 Å². The van der Waals surface area contributed by atoms with Crippen LogP contribution in [0, 0.1) is 5.92 Å². The monoisotopic (exact) mass is 297 g/mol. The maximum Gasteiger partial charge on any atom is 0.217 e. The highest BCUT2D eigenvalue weighted by atomic mass is 16.1. The van der Waals surface area contributed by atoms with Crippen molar-refractivity contribution in [3.05, 3.63) is 0 Å². The zero-order chi connectivity index (χ0) is 15.8. The summed E-state index contributed by atoms with van der Waals surface area (Å²) in [7, 11) is 0. The molecule has 1 unspecified atom stereocenters. The SMILES string of the molecule is CCCCC(CCC)CCCCCCCCCCC(N)=O. The Bertz CT molecular complexity index is 228. The Morgan fingerprint density at radius 3 is 1.76 bits per heavy atom. The van der Waals surface area contributed by atoms with Gasteiger partial charge in [-0.15, -0.1) is 0 Å². The summed E-state index contributed by atoms with van der Waals surface area (Å²) < 4.78 is 0. The van der Waals surface area contributed by atoms with Crippen LogP contribution in [0.4, 0.5) is 0 Å². The second kappa shape index (κ2) is 15.9. The molecule has 1 amide bonds. The van der Waals surface area contributed by atoms with Crippen LogP contribution in [0.25, 0.3) is 0 Å². The summed E-state index contributed by atoms with van der Waals surface area (Å²) in [5, 5.41) is 0. The van der Waals surface area contributed by atoms with E-state index in [0.717, 1.165) is 12.3 Å². The number of primary amides is 1. The van der Waals surface area contributed by atoms with E-state index in [2.05, 4.69) is 13.8 Å². The summed E-state index contributed by atoms with van der Waals surface area (Å²) in [4.78, 5) is 10.6. The first-order chi connectivity index (χ1) is 10.2. The Labute approximate surface area is 133 Å². The molecule has 0 aromatic rings. The molecule has 0 aliphatic carbocycles. The van der Waals surface area contributed by atoms with Gasteiger partial charge >= 0.3 is 0 Å². The molecular formula is C19H39NO. The fraction of sp³-hybridized carbons (Fsp3) is 0.947. The fourth-order valence-corrected chi connectivity index (χ4v) is 3.13. The molecule has 0 bridgehead atoms. The molecule has 0 saturated heterocycles. The van der Waals surface area contributed by atoms with Crippen LogP contribution in [0.15, 0.2) is 0 Å². The lowest BCUT2D eigenvalue weighted by molar-refractivity contribution is -0.118. The smallest absolute Gasteiger partial charge is 0.217 e. The van der Waals surface area contributed by atoms with Crippen molar-refractivity contribution in [3.63, 3.8) is 0 Å². The highest BCUT2D eigenvalue weighted by Gasteiger charge is 2.06. The van der Waals surface area contributed by atoms with E-state index in [9.17, 15) is 4.79 Å². The lowest BCUT2D eigenvalue weighted by atomic mass is 9.91. The van der Waals surface area contributed by atoms with Gasteiger partial charge in [0.25, 0.3) is 0 Å². The van der Waals surface area contributed by atoms with Gasteiger partial charge in [-0.1, -0.05) is 97.3 Å². The summed E-state index contributed by atoms with van der Waals surface area (Å²) in [5.74, 6) is 0.837. The van der Waals surface area contributed by atoms with Gasteiger partial charge in [-0.3, -0.25) is 4.79 Å². The minimum absolute atomic E-state index is 0.153. The normalized spacial score (nSPS) is 12.5. The summed E-state index contributed by atoms with van der Waals surface area (Å²) in [6, 6.07) is 0. The molecule has 1 atom stereocenters. The highest BCUT2D eigenvalue weighted by Crippen LogP contribution is 2.22. The van der Waals surface area contributed by atoms with Crippen LogP contribution in [0.1, 0.15) is 110 Å². The van der Waals surface area contributed by atoms with Crippen molar-refractivity contribution in [3.8, 4) is 0 Å². The molecule has 2 nitrogen and oxygen atoms in total. The second-order valence-electron chi connectivity index (χ2n) is 6.63. The Morgan fingerprint density at radius 2 is 1.24 bits per heavy atom. The lowest BCUT2D eigenvalue weighted by Gasteiger charge is -2.15. The van der Waals surface area contributed by atoms with E-state index in [1.165, 1.54) is 83.5 Å². The molecule has 126 valence electrons. The topological polar surface area (TPSA) is 43.1 Å². The zero-order valence-corrected chi connectivity index (χ0v) is 14.7. The third-order valence-corrected chi connectivity index (χ3v) is 4.45.